The molecular weight excluding hydrogens is 374 g/mol. The number of hydrogen-bond acceptors (Lipinski definition) is 7. The fraction of sp³-hybridized carbons (Fsp3) is 0.375. The molecule has 0 bridgehead atoms. The van der Waals surface area contributed by atoms with Gasteiger partial charge in [0.25, 0.3) is 0 Å². The highest BCUT2D eigenvalue weighted by Gasteiger charge is 2.13. The van der Waals surface area contributed by atoms with Crippen molar-refractivity contribution in [2.75, 3.05) is 18.8 Å². The van der Waals surface area contributed by atoms with Crippen molar-refractivity contribution in [1.82, 2.24) is 24.5 Å². The van der Waals surface area contributed by atoms with Crippen LogP contribution in [0.3, 0.4) is 0 Å². The number of nitrogens with zero attached hydrogens (tertiary/aromatic N) is 5. The molecule has 0 saturated carbocycles. The number of thioether (sulfide) groups is 2. The van der Waals surface area contributed by atoms with Gasteiger partial charge in [0.2, 0.25) is 5.91 Å². The Morgan fingerprint density at radius 1 is 1.20 bits per heavy atom. The van der Waals surface area contributed by atoms with E-state index in [1.54, 1.807) is 11.8 Å². The summed E-state index contributed by atoms with van der Waals surface area (Å²) in [5.41, 5.74) is 1.96. The van der Waals surface area contributed by atoms with E-state index in [0.29, 0.717) is 5.75 Å². The van der Waals surface area contributed by atoms with Crippen LogP contribution < -0.4 is 0 Å². The van der Waals surface area contributed by atoms with Crippen LogP contribution in [0.25, 0.3) is 5.65 Å². The molecule has 0 fully saturated rings. The highest BCUT2D eigenvalue weighted by Crippen LogP contribution is 2.30. The van der Waals surface area contributed by atoms with Gasteiger partial charge in [-0.1, -0.05) is 40.9 Å². The van der Waals surface area contributed by atoms with Crippen LogP contribution in [0.5, 0.6) is 0 Å². The molecule has 9 heteroatoms. The Kier molecular flexibility index (Phi) is 6.33. The second kappa shape index (κ2) is 8.68. The Hall–Kier alpha value is -1.58. The molecule has 0 aliphatic heterocycles. The molecule has 3 heterocycles. The molecule has 0 saturated heterocycles. The SMILES string of the molecule is CCN(CC)C(=O)CSc1nnc(SCc2cn3ccccc3n2)s1. The summed E-state index contributed by atoms with van der Waals surface area (Å²) in [5, 5.41) is 8.37. The Morgan fingerprint density at radius 2 is 1.96 bits per heavy atom. The Balaban J connectivity index is 1.52. The third-order valence-corrected chi connectivity index (χ3v) is 6.79. The van der Waals surface area contributed by atoms with Crippen LogP contribution >= 0.6 is 34.9 Å². The smallest absolute Gasteiger partial charge is 0.233 e. The van der Waals surface area contributed by atoms with Gasteiger partial charge in [0.05, 0.1) is 11.4 Å². The molecule has 25 heavy (non-hydrogen) atoms. The highest BCUT2D eigenvalue weighted by molar-refractivity contribution is 8.03. The first-order chi connectivity index (χ1) is 12.2. The molecule has 132 valence electrons. The second-order valence-electron chi connectivity index (χ2n) is 5.18. The number of fused-ring (bicyclic) bond motifs is 1. The van der Waals surface area contributed by atoms with E-state index < -0.39 is 0 Å². The van der Waals surface area contributed by atoms with Crippen molar-refractivity contribution in [2.45, 2.75) is 28.3 Å². The number of amides is 1. The predicted molar refractivity (Wildman–Crippen MR) is 103 cm³/mol. The summed E-state index contributed by atoms with van der Waals surface area (Å²) >= 11 is 4.60. The summed E-state index contributed by atoms with van der Waals surface area (Å²) < 4.78 is 3.74. The molecule has 0 radical (unpaired) electrons. The van der Waals surface area contributed by atoms with E-state index in [4.69, 9.17) is 0 Å². The Labute approximate surface area is 159 Å². The summed E-state index contributed by atoms with van der Waals surface area (Å²) in [4.78, 5) is 18.4. The lowest BCUT2D eigenvalue weighted by atomic mass is 10.5. The molecular formula is C16H19N5OS3. The van der Waals surface area contributed by atoms with E-state index in [9.17, 15) is 4.79 Å². The normalized spacial score (nSPS) is 11.1. The third-order valence-electron chi connectivity index (χ3n) is 3.58. The number of aromatic nitrogens is 4. The van der Waals surface area contributed by atoms with Crippen molar-refractivity contribution in [1.29, 1.82) is 0 Å². The van der Waals surface area contributed by atoms with E-state index in [0.717, 1.165) is 38.9 Å². The molecule has 0 aliphatic rings. The van der Waals surface area contributed by atoms with Crippen molar-refractivity contribution in [3.63, 3.8) is 0 Å². The lowest BCUT2D eigenvalue weighted by Gasteiger charge is -2.17. The van der Waals surface area contributed by atoms with Gasteiger partial charge in [-0.15, -0.1) is 10.2 Å². The summed E-state index contributed by atoms with van der Waals surface area (Å²) in [6.07, 6.45) is 4.02. The molecule has 3 aromatic rings. The van der Waals surface area contributed by atoms with E-state index in [1.807, 2.05) is 53.7 Å². The van der Waals surface area contributed by atoms with Crippen molar-refractivity contribution >= 4 is 46.4 Å². The molecule has 0 aliphatic carbocycles. The number of rotatable bonds is 8. The zero-order chi connectivity index (χ0) is 17.6. The van der Waals surface area contributed by atoms with Gasteiger partial charge in [-0.25, -0.2) is 4.98 Å². The zero-order valence-electron chi connectivity index (χ0n) is 14.1. The Morgan fingerprint density at radius 3 is 2.68 bits per heavy atom. The van der Waals surface area contributed by atoms with Crippen LogP contribution in [0, 0.1) is 0 Å². The van der Waals surface area contributed by atoms with E-state index in [1.165, 1.54) is 23.1 Å². The lowest BCUT2D eigenvalue weighted by Crippen LogP contribution is -2.31. The number of carbonyl (C=O) groups excluding carboxylic acids is 1. The number of carbonyl (C=O) groups is 1. The van der Waals surface area contributed by atoms with Gasteiger partial charge in [-0.2, -0.15) is 0 Å². The molecule has 0 unspecified atom stereocenters. The van der Waals surface area contributed by atoms with Gasteiger partial charge in [-0.05, 0) is 26.0 Å². The van der Waals surface area contributed by atoms with E-state index in [-0.39, 0.29) is 5.91 Å². The lowest BCUT2D eigenvalue weighted by molar-refractivity contribution is -0.127. The molecule has 3 aromatic heterocycles. The third kappa shape index (κ3) is 4.74. The van der Waals surface area contributed by atoms with Crippen molar-refractivity contribution in [3.8, 4) is 0 Å². The molecule has 1 amide bonds. The molecule has 3 rings (SSSR count). The van der Waals surface area contributed by atoms with Gasteiger partial charge in [-0.3, -0.25) is 4.79 Å². The average molecular weight is 394 g/mol. The minimum absolute atomic E-state index is 0.143. The quantitative estimate of drug-likeness (QED) is 0.546. The van der Waals surface area contributed by atoms with Crippen LogP contribution in [0.4, 0.5) is 0 Å². The van der Waals surface area contributed by atoms with E-state index in [2.05, 4.69) is 15.2 Å². The van der Waals surface area contributed by atoms with Crippen molar-refractivity contribution in [3.05, 3.63) is 36.3 Å². The summed E-state index contributed by atoms with van der Waals surface area (Å²) in [6.45, 7) is 5.47. The summed E-state index contributed by atoms with van der Waals surface area (Å²) in [7, 11) is 0. The molecule has 0 atom stereocenters. The van der Waals surface area contributed by atoms with Gasteiger partial charge in [0, 0.05) is 31.2 Å². The summed E-state index contributed by atoms with van der Waals surface area (Å²) in [6, 6.07) is 5.95. The maximum atomic E-state index is 12.0. The van der Waals surface area contributed by atoms with Gasteiger partial charge < -0.3 is 9.30 Å². The summed E-state index contributed by atoms with van der Waals surface area (Å²) in [5.74, 6) is 1.30. The fourth-order valence-electron chi connectivity index (χ4n) is 2.30. The van der Waals surface area contributed by atoms with Crippen LogP contribution in [0.15, 0.2) is 39.3 Å². The molecule has 6 nitrogen and oxygen atoms in total. The van der Waals surface area contributed by atoms with Gasteiger partial charge in [0.15, 0.2) is 8.68 Å². The van der Waals surface area contributed by atoms with Gasteiger partial charge >= 0.3 is 0 Å². The van der Waals surface area contributed by atoms with Gasteiger partial charge in [0.1, 0.15) is 5.65 Å². The number of pyridine rings is 1. The number of imidazole rings is 1. The topological polar surface area (TPSA) is 63.4 Å². The van der Waals surface area contributed by atoms with Crippen LogP contribution in [0.2, 0.25) is 0 Å². The monoisotopic (exact) mass is 393 g/mol. The highest BCUT2D eigenvalue weighted by atomic mass is 32.2. The van der Waals surface area contributed by atoms with Crippen molar-refractivity contribution < 1.29 is 4.79 Å². The molecule has 0 N–H and O–H groups in total. The average Bonchev–Trinajstić information content (AvgIpc) is 3.25. The fourth-order valence-corrected chi connectivity index (χ4v) is 5.10. The van der Waals surface area contributed by atoms with Crippen LogP contribution in [-0.2, 0) is 10.5 Å². The minimum Gasteiger partial charge on any atom is -0.343 e. The van der Waals surface area contributed by atoms with E-state index >= 15 is 0 Å². The maximum absolute atomic E-state index is 12.0. The zero-order valence-corrected chi connectivity index (χ0v) is 16.5. The number of hydrogen-bond donors (Lipinski definition) is 0. The standard InChI is InChI=1S/C16H19N5OS3/c1-3-20(4-2)14(22)11-24-16-19-18-15(25-16)23-10-12-9-21-8-6-5-7-13(21)17-12/h5-9H,3-4,10-11H2,1-2H3. The second-order valence-corrected chi connectivity index (χ2v) is 8.60. The first kappa shape index (κ1) is 18.2. The molecule has 0 spiro atoms. The minimum atomic E-state index is 0.143. The predicted octanol–water partition coefficient (Wildman–Crippen LogP) is 3.44. The first-order valence-electron chi connectivity index (χ1n) is 7.99. The Bertz CT molecular complexity index is 810. The van der Waals surface area contributed by atoms with Crippen LogP contribution in [-0.4, -0.2) is 49.2 Å². The largest absolute Gasteiger partial charge is 0.343 e. The molecule has 0 aromatic carbocycles. The van der Waals surface area contributed by atoms with Crippen molar-refractivity contribution in [2.24, 2.45) is 0 Å². The first-order valence-corrected chi connectivity index (χ1v) is 10.8. The van der Waals surface area contributed by atoms with Crippen LogP contribution in [0.1, 0.15) is 19.5 Å². The maximum Gasteiger partial charge on any atom is 0.233 e.